The highest BCUT2D eigenvalue weighted by molar-refractivity contribution is 6.33. The molecule has 0 fully saturated rings. The standard InChI is InChI=1S/C24H17N.C23H14/c1-2-25-20-9-4-3-8-18(20)24-19-13-12-16-7-5-6-15-10-11-17(14-21(24)25)23(19)22(15)16;1-2-7-19-16(4-1)12-18-13-17-9-8-14-5-3-6-15-10-11-20(22(18)19)23(17)21(14)15/h3-14H,2H2,1H3;1-11,13H,12H2. The van der Waals surface area contributed by atoms with Crippen LogP contribution in [0.4, 0.5) is 0 Å². The molecule has 0 saturated carbocycles. The normalized spacial score (nSPS) is 12.7. The minimum Gasteiger partial charge on any atom is -0.341 e. The Hall–Kier alpha value is -5.92. The van der Waals surface area contributed by atoms with Crippen LogP contribution in [0.5, 0.6) is 0 Å². The molecule has 1 aliphatic rings. The first kappa shape index (κ1) is 26.2. The number of aryl methyl sites for hydroxylation is 1. The van der Waals surface area contributed by atoms with E-state index in [1.54, 1.807) is 0 Å². The molecule has 0 unspecified atom stereocenters. The van der Waals surface area contributed by atoms with Crippen LogP contribution in [0.2, 0.25) is 0 Å². The Balaban J connectivity index is 0.000000117. The van der Waals surface area contributed by atoms with Crippen LogP contribution in [0.15, 0.2) is 146 Å². The van der Waals surface area contributed by atoms with E-state index in [9.17, 15) is 0 Å². The first-order valence-electron chi connectivity index (χ1n) is 17.1. The largest absolute Gasteiger partial charge is 0.341 e. The number of benzene rings is 10. The average molecular weight is 610 g/mol. The first-order chi connectivity index (χ1) is 23.8. The monoisotopic (exact) mass is 609 g/mol. The summed E-state index contributed by atoms with van der Waals surface area (Å²) in [4.78, 5) is 0. The molecule has 48 heavy (non-hydrogen) atoms. The highest BCUT2D eigenvalue weighted by Gasteiger charge is 2.23. The summed E-state index contributed by atoms with van der Waals surface area (Å²) >= 11 is 0. The van der Waals surface area contributed by atoms with Gasteiger partial charge in [0.1, 0.15) is 0 Å². The van der Waals surface area contributed by atoms with Crippen LogP contribution < -0.4 is 0 Å². The molecule has 1 heteroatoms. The van der Waals surface area contributed by atoms with Gasteiger partial charge in [0.25, 0.3) is 0 Å². The van der Waals surface area contributed by atoms with Crippen molar-refractivity contribution in [2.45, 2.75) is 19.9 Å². The molecule has 0 N–H and O–H groups in total. The van der Waals surface area contributed by atoms with E-state index in [4.69, 9.17) is 0 Å². The zero-order valence-electron chi connectivity index (χ0n) is 26.7. The molecular weight excluding hydrogens is 579 g/mol. The van der Waals surface area contributed by atoms with Crippen molar-refractivity contribution in [1.29, 1.82) is 0 Å². The molecule has 1 aromatic heterocycles. The van der Waals surface area contributed by atoms with Gasteiger partial charge < -0.3 is 4.57 Å². The van der Waals surface area contributed by atoms with Crippen LogP contribution in [0.25, 0.3) is 97.6 Å². The Morgan fingerprint density at radius 3 is 1.73 bits per heavy atom. The molecule has 10 aromatic carbocycles. The number of para-hydroxylation sites is 1. The maximum Gasteiger partial charge on any atom is 0.0503 e. The van der Waals surface area contributed by atoms with E-state index >= 15 is 0 Å². The second-order valence-electron chi connectivity index (χ2n) is 13.5. The third-order valence-corrected chi connectivity index (χ3v) is 11.1. The minimum absolute atomic E-state index is 0.984. The fourth-order valence-electron chi connectivity index (χ4n) is 9.13. The van der Waals surface area contributed by atoms with Crippen molar-refractivity contribution in [1.82, 2.24) is 4.57 Å². The van der Waals surface area contributed by atoms with Crippen molar-refractivity contribution in [2.75, 3.05) is 0 Å². The van der Waals surface area contributed by atoms with Crippen LogP contribution >= 0.6 is 0 Å². The average Bonchev–Trinajstić information content (AvgIpc) is 3.68. The quantitative estimate of drug-likeness (QED) is 0.163. The topological polar surface area (TPSA) is 4.93 Å². The molecular formula is C47H31N. The van der Waals surface area contributed by atoms with Crippen molar-refractivity contribution in [3.8, 4) is 11.1 Å². The van der Waals surface area contributed by atoms with Gasteiger partial charge in [-0.1, -0.05) is 133 Å². The van der Waals surface area contributed by atoms with Gasteiger partial charge >= 0.3 is 0 Å². The predicted molar refractivity (Wildman–Crippen MR) is 207 cm³/mol. The van der Waals surface area contributed by atoms with Gasteiger partial charge in [-0.2, -0.15) is 0 Å². The van der Waals surface area contributed by atoms with Crippen LogP contribution in [-0.4, -0.2) is 4.57 Å². The van der Waals surface area contributed by atoms with Crippen LogP contribution in [0.1, 0.15) is 18.1 Å². The van der Waals surface area contributed by atoms with Crippen LogP contribution in [0.3, 0.4) is 0 Å². The van der Waals surface area contributed by atoms with Crippen molar-refractivity contribution >= 4 is 86.4 Å². The number of rotatable bonds is 1. The van der Waals surface area contributed by atoms with Gasteiger partial charge in [-0.05, 0) is 112 Å². The number of nitrogens with zero attached hydrogens (tertiary/aromatic N) is 1. The van der Waals surface area contributed by atoms with E-state index in [0.717, 1.165) is 13.0 Å². The van der Waals surface area contributed by atoms with Crippen LogP contribution in [0, 0.1) is 0 Å². The fraction of sp³-hybridized carbons (Fsp3) is 0.0638. The SMILES string of the molecule is CCn1c2ccccc2c2c3ccc4cccc5ccc(cc21)c3c54.c1ccc2c(c1)Cc1cc3ccc4cccc5ccc(c1-2)c3c45. The van der Waals surface area contributed by atoms with E-state index < -0.39 is 0 Å². The Labute approximate surface area is 277 Å². The van der Waals surface area contributed by atoms with Gasteiger partial charge in [-0.15, -0.1) is 0 Å². The summed E-state index contributed by atoms with van der Waals surface area (Å²) < 4.78 is 2.44. The lowest BCUT2D eigenvalue weighted by molar-refractivity contribution is 0.828. The molecule has 0 spiro atoms. The molecule has 0 saturated heterocycles. The number of fused-ring (bicyclic) bond motifs is 8. The Morgan fingerprint density at radius 1 is 0.417 bits per heavy atom. The van der Waals surface area contributed by atoms with Crippen molar-refractivity contribution < 1.29 is 0 Å². The van der Waals surface area contributed by atoms with Gasteiger partial charge in [0.15, 0.2) is 0 Å². The van der Waals surface area contributed by atoms with Gasteiger partial charge in [0, 0.05) is 22.8 Å². The molecule has 0 bridgehead atoms. The summed E-state index contributed by atoms with van der Waals surface area (Å²) in [6.45, 7) is 3.22. The van der Waals surface area contributed by atoms with E-state index in [0.29, 0.717) is 0 Å². The van der Waals surface area contributed by atoms with Gasteiger partial charge in [-0.3, -0.25) is 0 Å². The summed E-state index contributed by atoms with van der Waals surface area (Å²) in [6, 6.07) is 53.9. The molecule has 224 valence electrons. The second-order valence-corrected chi connectivity index (χ2v) is 13.5. The molecule has 0 aliphatic heterocycles. The lowest BCUT2D eigenvalue weighted by Gasteiger charge is -2.14. The summed E-state index contributed by atoms with van der Waals surface area (Å²) in [7, 11) is 0. The van der Waals surface area contributed by atoms with Crippen LogP contribution in [-0.2, 0) is 13.0 Å². The summed E-state index contributed by atoms with van der Waals surface area (Å²) in [5, 5.41) is 19.2. The van der Waals surface area contributed by atoms with E-state index in [-0.39, 0.29) is 0 Å². The molecule has 0 radical (unpaired) electrons. The molecule has 1 aliphatic carbocycles. The van der Waals surface area contributed by atoms with E-state index in [1.165, 1.54) is 109 Å². The minimum atomic E-state index is 0.984. The molecule has 1 nitrogen and oxygen atoms in total. The molecule has 12 rings (SSSR count). The van der Waals surface area contributed by atoms with Crippen molar-refractivity contribution in [3.05, 3.63) is 157 Å². The predicted octanol–water partition coefficient (Wildman–Crippen LogP) is 12.9. The van der Waals surface area contributed by atoms with Crippen molar-refractivity contribution in [3.63, 3.8) is 0 Å². The Kier molecular flexibility index (Phi) is 5.21. The van der Waals surface area contributed by atoms with Gasteiger partial charge in [0.05, 0.1) is 5.52 Å². The summed E-state index contributed by atoms with van der Waals surface area (Å²) in [5.41, 5.74) is 8.46. The smallest absolute Gasteiger partial charge is 0.0503 e. The van der Waals surface area contributed by atoms with Crippen molar-refractivity contribution in [2.24, 2.45) is 0 Å². The Morgan fingerprint density at radius 2 is 1.00 bits per heavy atom. The maximum absolute atomic E-state index is 2.44. The summed E-state index contributed by atoms with van der Waals surface area (Å²) in [5.74, 6) is 0. The first-order valence-corrected chi connectivity index (χ1v) is 17.1. The van der Waals surface area contributed by atoms with E-state index in [2.05, 4.69) is 157 Å². The molecule has 0 amide bonds. The number of hydrogen-bond donors (Lipinski definition) is 0. The summed E-state index contributed by atoms with van der Waals surface area (Å²) in [6.07, 6.45) is 1.06. The highest BCUT2D eigenvalue weighted by atomic mass is 15.0. The molecule has 0 atom stereocenters. The lowest BCUT2D eigenvalue weighted by Crippen LogP contribution is -1.93. The second kappa shape index (κ2) is 9.56. The molecule has 1 heterocycles. The third kappa shape index (κ3) is 3.40. The van der Waals surface area contributed by atoms with Gasteiger partial charge in [-0.25, -0.2) is 0 Å². The Bertz CT molecular complexity index is 3030. The lowest BCUT2D eigenvalue weighted by atomic mass is 9.89. The van der Waals surface area contributed by atoms with E-state index in [1.807, 2.05) is 0 Å². The number of aromatic nitrogens is 1. The number of hydrogen-bond acceptors (Lipinski definition) is 0. The van der Waals surface area contributed by atoms with Gasteiger partial charge in [0.2, 0.25) is 0 Å². The fourth-order valence-corrected chi connectivity index (χ4v) is 9.13. The molecule has 11 aromatic rings. The third-order valence-electron chi connectivity index (χ3n) is 11.1. The maximum atomic E-state index is 2.44. The zero-order valence-corrected chi connectivity index (χ0v) is 26.7. The zero-order chi connectivity index (χ0) is 31.5. The highest BCUT2D eigenvalue weighted by Crippen LogP contribution is 2.46.